The summed E-state index contributed by atoms with van der Waals surface area (Å²) in [7, 11) is 1.26. The maximum atomic E-state index is 12.3. The van der Waals surface area contributed by atoms with Crippen molar-refractivity contribution in [2.75, 3.05) is 12.4 Å². The number of tetrazole rings is 1. The molecule has 8 heteroatoms. The quantitative estimate of drug-likeness (QED) is 0.847. The van der Waals surface area contributed by atoms with Gasteiger partial charge in [-0.15, -0.1) is 0 Å². The lowest BCUT2D eigenvalue weighted by Crippen LogP contribution is -2.32. The van der Waals surface area contributed by atoms with Crippen LogP contribution in [0, 0.1) is 0 Å². The van der Waals surface area contributed by atoms with E-state index in [4.69, 9.17) is 4.74 Å². The Morgan fingerprint density at radius 2 is 1.92 bits per heavy atom. The number of hydrogen-bond acceptors (Lipinski definition) is 7. The normalized spacial score (nSPS) is 16.4. The second-order valence-corrected chi connectivity index (χ2v) is 6.13. The van der Waals surface area contributed by atoms with Gasteiger partial charge in [0.05, 0.1) is 12.7 Å². The molecule has 0 bridgehead atoms. The first-order valence-corrected chi connectivity index (χ1v) is 7.92. The lowest BCUT2D eigenvalue weighted by molar-refractivity contribution is -0.136. The Hall–Kier alpha value is -3.03. The Bertz CT molecular complexity index is 851. The molecule has 1 aromatic heterocycles. The van der Waals surface area contributed by atoms with Crippen molar-refractivity contribution in [2.45, 2.75) is 32.7 Å². The Kier molecular flexibility index (Phi) is 4.35. The maximum Gasteiger partial charge on any atom is 0.355 e. The Morgan fingerprint density at radius 3 is 2.48 bits per heavy atom. The highest BCUT2D eigenvalue weighted by Gasteiger charge is 2.36. The van der Waals surface area contributed by atoms with Crippen LogP contribution in [0.1, 0.15) is 43.9 Å². The number of benzene rings is 1. The van der Waals surface area contributed by atoms with Crippen LogP contribution in [-0.4, -0.2) is 39.1 Å². The van der Waals surface area contributed by atoms with Crippen LogP contribution in [0.25, 0.3) is 0 Å². The number of rotatable bonds is 4. The van der Waals surface area contributed by atoms with E-state index in [0.717, 1.165) is 5.56 Å². The summed E-state index contributed by atoms with van der Waals surface area (Å²) in [4.78, 5) is 24.5. The highest BCUT2D eigenvalue weighted by molar-refractivity contribution is 6.05. The summed E-state index contributed by atoms with van der Waals surface area (Å²) in [6, 6.07) is 7.26. The summed E-state index contributed by atoms with van der Waals surface area (Å²) in [5.74, 6) is -0.224. The van der Waals surface area contributed by atoms with Crippen LogP contribution in [0.5, 0.6) is 0 Å². The number of aromatic nitrogens is 4. The van der Waals surface area contributed by atoms with Gasteiger partial charge in [0.1, 0.15) is 11.7 Å². The molecule has 1 N–H and O–H groups in total. The molecular weight excluding hydrogens is 322 g/mol. The highest BCUT2D eigenvalue weighted by Crippen LogP contribution is 2.35. The lowest BCUT2D eigenvalue weighted by atomic mass is 9.91. The third-order valence-electron chi connectivity index (χ3n) is 4.20. The second kappa shape index (κ2) is 6.46. The number of methoxy groups -OCH3 is 1. The number of carbonyl (C=O) groups is 2. The lowest BCUT2D eigenvalue weighted by Gasteiger charge is -2.27. The number of hydrogen-bond donors (Lipinski definition) is 1. The smallest absolute Gasteiger partial charge is 0.355 e. The summed E-state index contributed by atoms with van der Waals surface area (Å²) in [5, 5.41) is 14.3. The number of carbonyl (C=O) groups excluding carboxylic acids is 2. The average Bonchev–Trinajstić information content (AvgIpc) is 3.07. The van der Waals surface area contributed by atoms with E-state index >= 15 is 0 Å². The van der Waals surface area contributed by atoms with E-state index < -0.39 is 12.0 Å². The van der Waals surface area contributed by atoms with Crippen molar-refractivity contribution in [3.63, 3.8) is 0 Å². The molecule has 0 saturated heterocycles. The van der Waals surface area contributed by atoms with E-state index in [1.54, 1.807) is 0 Å². The van der Waals surface area contributed by atoms with Gasteiger partial charge in [0.15, 0.2) is 5.78 Å². The first-order chi connectivity index (χ1) is 11.9. The fraction of sp³-hybridized carbons (Fsp3) is 0.353. The number of nitrogens with zero attached hydrogens (tertiary/aromatic N) is 4. The molecule has 8 nitrogen and oxygen atoms in total. The van der Waals surface area contributed by atoms with Gasteiger partial charge in [0.25, 0.3) is 0 Å². The zero-order valence-electron chi connectivity index (χ0n) is 14.5. The summed E-state index contributed by atoms with van der Waals surface area (Å²) in [5.41, 5.74) is 2.32. The number of ether oxygens (including phenoxy) is 1. The second-order valence-electron chi connectivity index (χ2n) is 6.13. The maximum absolute atomic E-state index is 12.3. The fourth-order valence-corrected chi connectivity index (χ4v) is 2.89. The van der Waals surface area contributed by atoms with Gasteiger partial charge in [-0.05, 0) is 34.4 Å². The predicted molar refractivity (Wildman–Crippen MR) is 89.8 cm³/mol. The molecule has 0 saturated carbocycles. The third-order valence-corrected chi connectivity index (χ3v) is 4.20. The number of allylic oxidation sites excluding steroid dienone is 1. The number of nitrogens with one attached hydrogen (secondary N) is 1. The van der Waals surface area contributed by atoms with Gasteiger partial charge in [-0.25, -0.2) is 4.79 Å². The molecule has 25 heavy (non-hydrogen) atoms. The standard InChI is InChI=1S/C17H19N5O3/c1-9(2)11-5-7-12(8-6-11)15-13(10(3)23)14(16(24)25-4)18-17-19-20-21-22(15)17/h5-9,15H,1-4H3,(H,18,19,21)/t15-/m0/s1. The van der Waals surface area contributed by atoms with Crippen LogP contribution in [0.3, 0.4) is 0 Å². The van der Waals surface area contributed by atoms with Gasteiger partial charge >= 0.3 is 5.97 Å². The Balaban J connectivity index is 2.18. The highest BCUT2D eigenvalue weighted by atomic mass is 16.5. The zero-order valence-corrected chi connectivity index (χ0v) is 14.5. The van der Waals surface area contributed by atoms with Crippen molar-refractivity contribution in [3.05, 3.63) is 46.7 Å². The van der Waals surface area contributed by atoms with E-state index in [1.165, 1.54) is 24.3 Å². The van der Waals surface area contributed by atoms with Crippen LogP contribution < -0.4 is 5.32 Å². The number of ketones is 1. The summed E-state index contributed by atoms with van der Waals surface area (Å²) >= 11 is 0. The SMILES string of the molecule is COC(=O)C1=C(C(C)=O)[C@H](c2ccc(C(C)C)cc2)n2nnnc2N1. The van der Waals surface area contributed by atoms with Crippen LogP contribution in [0.2, 0.25) is 0 Å². The monoisotopic (exact) mass is 341 g/mol. The molecule has 0 spiro atoms. The summed E-state index contributed by atoms with van der Waals surface area (Å²) < 4.78 is 6.30. The minimum atomic E-state index is -0.636. The largest absolute Gasteiger partial charge is 0.464 e. The average molecular weight is 341 g/mol. The van der Waals surface area contributed by atoms with Gasteiger partial charge in [-0.2, -0.15) is 4.68 Å². The molecule has 3 rings (SSSR count). The zero-order chi connectivity index (χ0) is 18.1. The number of fused-ring (bicyclic) bond motifs is 1. The topological polar surface area (TPSA) is 99.0 Å². The molecule has 0 aliphatic carbocycles. The van der Waals surface area contributed by atoms with Gasteiger partial charge in [-0.1, -0.05) is 43.2 Å². The van der Waals surface area contributed by atoms with Crippen molar-refractivity contribution in [1.29, 1.82) is 0 Å². The molecule has 1 aliphatic rings. The van der Waals surface area contributed by atoms with Crippen molar-refractivity contribution >= 4 is 17.7 Å². The molecule has 130 valence electrons. The molecule has 1 atom stereocenters. The molecular formula is C17H19N5O3. The van der Waals surface area contributed by atoms with Crippen molar-refractivity contribution in [1.82, 2.24) is 20.2 Å². The van der Waals surface area contributed by atoms with Gasteiger partial charge < -0.3 is 10.1 Å². The van der Waals surface area contributed by atoms with Gasteiger partial charge in [0, 0.05) is 0 Å². The molecule has 0 amide bonds. The summed E-state index contributed by atoms with van der Waals surface area (Å²) in [6.45, 7) is 5.62. The molecule has 1 aliphatic heterocycles. The minimum absolute atomic E-state index is 0.0650. The van der Waals surface area contributed by atoms with E-state index in [0.29, 0.717) is 5.92 Å². The van der Waals surface area contributed by atoms with Gasteiger partial charge in [-0.3, -0.25) is 4.79 Å². The molecule has 2 aromatic rings. The predicted octanol–water partition coefficient (Wildman–Crippen LogP) is 1.83. The summed E-state index contributed by atoms with van der Waals surface area (Å²) in [6.07, 6.45) is 0. The molecule has 1 aromatic carbocycles. The van der Waals surface area contributed by atoms with E-state index in [2.05, 4.69) is 34.7 Å². The molecule has 2 heterocycles. The van der Waals surface area contributed by atoms with E-state index in [-0.39, 0.29) is 23.0 Å². The Morgan fingerprint density at radius 1 is 1.24 bits per heavy atom. The molecule has 0 unspecified atom stereocenters. The number of Topliss-reactive ketones (excluding diaryl/α,β-unsaturated/α-hetero) is 1. The van der Waals surface area contributed by atoms with Crippen molar-refractivity contribution in [2.24, 2.45) is 0 Å². The van der Waals surface area contributed by atoms with Crippen LogP contribution in [0.15, 0.2) is 35.5 Å². The number of anilines is 1. The van der Waals surface area contributed by atoms with Crippen molar-refractivity contribution < 1.29 is 14.3 Å². The molecule has 0 radical (unpaired) electrons. The number of esters is 1. The first-order valence-electron chi connectivity index (χ1n) is 7.92. The van der Waals surface area contributed by atoms with E-state index in [9.17, 15) is 9.59 Å². The molecule has 0 fully saturated rings. The van der Waals surface area contributed by atoms with Gasteiger partial charge in [0.2, 0.25) is 5.95 Å². The van der Waals surface area contributed by atoms with Crippen LogP contribution in [-0.2, 0) is 14.3 Å². The fourth-order valence-electron chi connectivity index (χ4n) is 2.89. The minimum Gasteiger partial charge on any atom is -0.464 e. The van der Waals surface area contributed by atoms with Crippen LogP contribution in [0.4, 0.5) is 5.95 Å². The van der Waals surface area contributed by atoms with Crippen molar-refractivity contribution in [3.8, 4) is 0 Å². The van der Waals surface area contributed by atoms with E-state index in [1.807, 2.05) is 24.3 Å². The Labute approximate surface area is 144 Å². The third kappa shape index (κ3) is 2.90. The first kappa shape index (κ1) is 16.8. The van der Waals surface area contributed by atoms with Crippen LogP contribution >= 0.6 is 0 Å².